The zero-order valence-corrected chi connectivity index (χ0v) is 25.3. The Kier molecular flexibility index (Phi) is 12.5. The van der Waals surface area contributed by atoms with Crippen molar-refractivity contribution in [1.82, 2.24) is 0 Å². The van der Waals surface area contributed by atoms with E-state index < -0.39 is 62.2 Å². The van der Waals surface area contributed by atoms with Crippen molar-refractivity contribution in [3.8, 4) is 17.2 Å². The predicted octanol–water partition coefficient (Wildman–Crippen LogP) is -2.74. The minimum absolute atomic E-state index is 0. The van der Waals surface area contributed by atoms with Gasteiger partial charge in [-0.3, -0.25) is 9.11 Å². The van der Waals surface area contributed by atoms with Crippen molar-refractivity contribution < 1.29 is 104 Å². The summed E-state index contributed by atoms with van der Waals surface area (Å²) in [7, 11) is -13.6. The van der Waals surface area contributed by atoms with Crippen molar-refractivity contribution in [3.05, 3.63) is 60.7 Å². The van der Waals surface area contributed by atoms with E-state index in [1.807, 2.05) is 0 Å². The molecule has 0 bridgehead atoms. The van der Waals surface area contributed by atoms with Crippen molar-refractivity contribution in [2.45, 2.75) is 14.7 Å². The maximum atomic E-state index is 11.7. The Hall–Kier alpha value is -2.62. The molecule has 0 atom stereocenters. The van der Waals surface area contributed by atoms with Gasteiger partial charge in [0, 0.05) is 23.1 Å². The number of nitrogens with one attached hydrogen (secondary N) is 1. The summed E-state index contributed by atoms with van der Waals surface area (Å²) in [4.78, 5) is -1.65. The van der Waals surface area contributed by atoms with Gasteiger partial charge in [0.25, 0.3) is 20.2 Å². The van der Waals surface area contributed by atoms with Crippen LogP contribution in [0.3, 0.4) is 0 Å². The van der Waals surface area contributed by atoms with E-state index in [0.717, 1.165) is 48.5 Å². The van der Waals surface area contributed by atoms with Crippen LogP contribution in [-0.4, -0.2) is 49.7 Å². The summed E-state index contributed by atoms with van der Waals surface area (Å²) >= 11 is 0. The van der Waals surface area contributed by atoms with Crippen LogP contribution in [0.2, 0.25) is 0 Å². The molecular weight excluding hydrogens is 670 g/mol. The van der Waals surface area contributed by atoms with E-state index in [1.165, 1.54) is 12.1 Å². The van der Waals surface area contributed by atoms with Crippen molar-refractivity contribution in [1.29, 1.82) is 0 Å². The molecular formula is C22H18CuLi2N4O11S3+2. The van der Waals surface area contributed by atoms with Crippen LogP contribution in [0.4, 0.5) is 22.7 Å². The van der Waals surface area contributed by atoms with Gasteiger partial charge in [-0.15, -0.1) is 10.2 Å². The van der Waals surface area contributed by atoms with Crippen LogP contribution >= 0.6 is 0 Å². The molecule has 0 saturated carbocycles. The average molecular weight is 688 g/mol. The van der Waals surface area contributed by atoms with E-state index in [4.69, 9.17) is 5.14 Å². The summed E-state index contributed by atoms with van der Waals surface area (Å²) in [5, 5.41) is 46.6. The number of hydrogen-bond acceptors (Lipinski definition) is 12. The first kappa shape index (κ1) is 38.4. The van der Waals surface area contributed by atoms with E-state index in [2.05, 4.69) is 15.5 Å². The largest absolute Gasteiger partial charge is 1.00 e. The molecule has 21 heteroatoms. The number of azo groups is 1. The first-order chi connectivity index (χ1) is 18.4. The zero-order chi connectivity index (χ0) is 29.6. The number of phenols is 3. The third-order valence-electron chi connectivity index (χ3n) is 5.41. The van der Waals surface area contributed by atoms with Crippen LogP contribution in [0, 0.1) is 0 Å². The summed E-state index contributed by atoms with van der Waals surface area (Å²) in [5.41, 5.74) is -0.969. The number of phenolic OH excluding ortho intramolecular Hbond substituents is 3. The van der Waals surface area contributed by atoms with Crippen LogP contribution in [0.25, 0.3) is 10.8 Å². The molecule has 0 amide bonds. The number of nitrogens with zero attached hydrogens (tertiary/aromatic N) is 2. The monoisotopic (exact) mass is 687 g/mol. The van der Waals surface area contributed by atoms with Crippen molar-refractivity contribution in [2.24, 2.45) is 15.4 Å². The summed E-state index contributed by atoms with van der Waals surface area (Å²) in [6.45, 7) is 0. The molecule has 0 unspecified atom stereocenters. The number of sulfonamides is 1. The molecule has 8 N–H and O–H groups in total. The molecule has 0 saturated heterocycles. The predicted molar refractivity (Wildman–Crippen MR) is 140 cm³/mol. The van der Waals surface area contributed by atoms with Crippen LogP contribution in [-0.2, 0) is 47.3 Å². The van der Waals surface area contributed by atoms with Gasteiger partial charge in [-0.25, -0.2) is 13.6 Å². The van der Waals surface area contributed by atoms with Gasteiger partial charge in [-0.1, -0.05) is 6.07 Å². The first-order valence-corrected chi connectivity index (χ1v) is 15.0. The maximum Gasteiger partial charge on any atom is 1.00 e. The Bertz CT molecular complexity index is 2060. The Morgan fingerprint density at radius 1 is 0.628 bits per heavy atom. The van der Waals surface area contributed by atoms with Gasteiger partial charge in [0.15, 0.2) is 0 Å². The molecule has 0 heterocycles. The molecule has 0 aliphatic carbocycles. The van der Waals surface area contributed by atoms with Gasteiger partial charge >= 0.3 is 37.7 Å². The number of hydrogen-bond donors (Lipinski definition) is 7. The van der Waals surface area contributed by atoms with E-state index in [0.29, 0.717) is 0 Å². The Morgan fingerprint density at radius 2 is 1.21 bits per heavy atom. The van der Waals surface area contributed by atoms with Gasteiger partial charge in [0.2, 0.25) is 10.0 Å². The van der Waals surface area contributed by atoms with Crippen molar-refractivity contribution >= 4 is 63.8 Å². The Balaban J connectivity index is 0.00000308. The third-order valence-corrected chi connectivity index (χ3v) is 8.00. The molecule has 4 aromatic carbocycles. The standard InChI is InChI=1S/C22H18N4O11S3.Cu.2Li/c23-38(30,31)12-2-5-19(28)17(8-12)25-26-22-15(24-16-9-13(39(32,33)34)3-6-18(16)27)4-1-11-7-14(40(35,36)37)10-20(29)21(11)22;;;/h1-10,24,27-29H,(H2,23,30,31)(H,32,33,34)(H,35,36,37);;;/q;;2*+1. The molecule has 43 heavy (non-hydrogen) atoms. The molecule has 1 radical (unpaired) electrons. The number of rotatable bonds is 7. The zero-order valence-electron chi connectivity index (χ0n) is 22.0. The Morgan fingerprint density at radius 3 is 1.79 bits per heavy atom. The van der Waals surface area contributed by atoms with E-state index in [-0.39, 0.29) is 88.3 Å². The third kappa shape index (κ3) is 8.73. The van der Waals surface area contributed by atoms with Gasteiger partial charge in [-0.2, -0.15) is 16.8 Å². The number of aromatic hydroxyl groups is 3. The second-order valence-corrected chi connectivity index (χ2v) is 12.6. The summed E-state index contributed by atoms with van der Waals surface area (Å²) < 4.78 is 88.6. The number of primary sulfonamides is 1. The van der Waals surface area contributed by atoms with Crippen LogP contribution in [0.1, 0.15) is 0 Å². The second-order valence-electron chi connectivity index (χ2n) is 8.15. The second kappa shape index (κ2) is 14.0. The van der Waals surface area contributed by atoms with E-state index >= 15 is 0 Å². The van der Waals surface area contributed by atoms with Crippen LogP contribution in [0.5, 0.6) is 17.2 Å². The number of fused-ring (bicyclic) bond motifs is 1. The topological polar surface area (TPSA) is 266 Å². The minimum Gasteiger partial charge on any atom is -0.507 e. The van der Waals surface area contributed by atoms with E-state index in [9.17, 15) is 49.7 Å². The van der Waals surface area contributed by atoms with Gasteiger partial charge in [-0.05, 0) is 53.9 Å². The molecule has 4 aromatic rings. The molecule has 0 aromatic heterocycles. The molecule has 4 rings (SSSR count). The fourth-order valence-corrected chi connectivity index (χ4v) is 5.11. The fourth-order valence-electron chi connectivity index (χ4n) is 3.54. The summed E-state index contributed by atoms with van der Waals surface area (Å²) in [5.74, 6) is -1.69. The molecule has 0 aliphatic heterocycles. The number of anilines is 2. The van der Waals surface area contributed by atoms with Crippen molar-refractivity contribution in [2.75, 3.05) is 5.32 Å². The van der Waals surface area contributed by atoms with Crippen LogP contribution < -0.4 is 48.2 Å². The molecule has 0 aliphatic rings. The summed E-state index contributed by atoms with van der Waals surface area (Å²) in [6.07, 6.45) is 0. The van der Waals surface area contributed by atoms with Gasteiger partial charge in [0.1, 0.15) is 28.6 Å². The number of benzene rings is 4. The molecule has 221 valence electrons. The quantitative estimate of drug-likeness (QED) is 0.0452. The van der Waals surface area contributed by atoms with Crippen molar-refractivity contribution in [3.63, 3.8) is 0 Å². The maximum absolute atomic E-state index is 11.7. The SMILES string of the molecule is NS(=O)(=O)c1ccc(O)c(N=Nc2c(Nc3cc(S(=O)(=O)O)ccc3O)ccc3cc(S(=O)(=O)O)cc(O)c23)c1.[Cu].[Li+].[Li+]. The molecule has 0 spiro atoms. The smallest absolute Gasteiger partial charge is 0.507 e. The Labute approximate surface area is 279 Å². The van der Waals surface area contributed by atoms with Crippen LogP contribution in [0.15, 0.2) is 85.6 Å². The van der Waals surface area contributed by atoms with Gasteiger partial charge < -0.3 is 20.6 Å². The van der Waals surface area contributed by atoms with E-state index in [1.54, 1.807) is 0 Å². The minimum atomic E-state index is -4.74. The normalized spacial score (nSPS) is 11.8. The average Bonchev–Trinajstić information content (AvgIpc) is 2.83. The molecule has 15 nitrogen and oxygen atoms in total. The molecule has 0 fully saturated rings. The number of nitrogens with two attached hydrogens (primary N) is 1. The fraction of sp³-hybridized carbons (Fsp3) is 0. The van der Waals surface area contributed by atoms with Gasteiger partial charge in [0.05, 0.1) is 31.4 Å². The first-order valence-electron chi connectivity index (χ1n) is 10.6. The summed E-state index contributed by atoms with van der Waals surface area (Å²) in [6, 6.07) is 9.98.